The normalized spacial score (nSPS) is 14.0. The quantitative estimate of drug-likeness (QED) is 0.316. The average molecular weight is 590 g/mol. The van der Waals surface area contributed by atoms with Crippen molar-refractivity contribution in [2.45, 2.75) is 110 Å². The molecule has 0 aromatic heterocycles. The summed E-state index contributed by atoms with van der Waals surface area (Å²) in [5, 5.41) is 9.92. The number of amides is 1. The molecule has 0 heterocycles. The number of aliphatic hydroxyl groups excluding tert-OH is 1. The van der Waals surface area contributed by atoms with Crippen LogP contribution < -0.4 is 0 Å². The highest BCUT2D eigenvalue weighted by atomic mass is 32.2. The molecule has 1 N–H and O–H groups in total. The van der Waals surface area contributed by atoms with Gasteiger partial charge in [-0.3, -0.25) is 4.79 Å². The molecule has 9 heteroatoms. The monoisotopic (exact) mass is 589 g/mol. The Morgan fingerprint density at radius 2 is 1.56 bits per heavy atom. The van der Waals surface area contributed by atoms with Crippen LogP contribution in [0, 0.1) is 12.8 Å². The zero-order chi connectivity index (χ0) is 31.3. The summed E-state index contributed by atoms with van der Waals surface area (Å²) >= 11 is 0. The van der Waals surface area contributed by atoms with Crippen molar-refractivity contribution in [3.63, 3.8) is 0 Å². The van der Waals surface area contributed by atoms with Crippen LogP contribution in [0.1, 0.15) is 97.1 Å². The van der Waals surface area contributed by atoms with Crippen LogP contribution >= 0.6 is 0 Å². The number of hydrogen-bond acceptors (Lipinski definition) is 7. The first-order chi connectivity index (χ1) is 18.8. The molecule has 0 saturated heterocycles. The first kappa shape index (κ1) is 34.3. The van der Waals surface area contributed by atoms with Gasteiger partial charge in [-0.2, -0.15) is 4.31 Å². The largest absolute Gasteiger partial charge is 0.455 e. The van der Waals surface area contributed by atoms with Crippen LogP contribution in [0.15, 0.2) is 47.4 Å². The third-order valence-electron chi connectivity index (χ3n) is 6.50. The Kier molecular flexibility index (Phi) is 11.2. The van der Waals surface area contributed by atoms with E-state index in [0.29, 0.717) is 11.1 Å². The minimum absolute atomic E-state index is 0.0806. The van der Waals surface area contributed by atoms with E-state index >= 15 is 0 Å². The van der Waals surface area contributed by atoms with Gasteiger partial charge in [0.25, 0.3) is 10.0 Å². The maximum absolute atomic E-state index is 14.3. The number of aliphatic hydroxyl groups is 1. The molecule has 2 atom stereocenters. The van der Waals surface area contributed by atoms with E-state index in [0.717, 1.165) is 15.4 Å². The summed E-state index contributed by atoms with van der Waals surface area (Å²) < 4.78 is 40.8. The van der Waals surface area contributed by atoms with Crippen LogP contribution in [0.25, 0.3) is 0 Å². The molecule has 1 amide bonds. The van der Waals surface area contributed by atoms with Gasteiger partial charge in [-0.15, -0.1) is 0 Å². The van der Waals surface area contributed by atoms with Crippen molar-refractivity contribution < 1.29 is 32.6 Å². The van der Waals surface area contributed by atoms with Crippen molar-refractivity contribution in [2.24, 2.45) is 5.92 Å². The standard InChI is InChI=1S/C32H47NO7S/c1-21(2)19-28(29(39-23(4)35)27-16-13-25(31(5,6)7)20-24(27)17-18-34)33(30(36)40-32(8,9)10)41(37,38)26-14-11-22(3)12-15-26/h11-16,20-21,28-29,34H,17-19H2,1-10H3/t28-,29?/m1/s1. The zero-order valence-corrected chi connectivity index (χ0v) is 27.0. The van der Waals surface area contributed by atoms with Crippen molar-refractivity contribution in [1.82, 2.24) is 4.31 Å². The molecule has 8 nitrogen and oxygen atoms in total. The maximum Gasteiger partial charge on any atom is 0.424 e. The van der Waals surface area contributed by atoms with Gasteiger partial charge in [0, 0.05) is 13.5 Å². The molecule has 0 spiro atoms. The number of rotatable bonds is 10. The highest BCUT2D eigenvalue weighted by Crippen LogP contribution is 2.37. The molecular formula is C32H47NO7S. The molecule has 0 aliphatic heterocycles. The molecule has 2 aromatic rings. The van der Waals surface area contributed by atoms with E-state index in [2.05, 4.69) is 20.8 Å². The highest BCUT2D eigenvalue weighted by molar-refractivity contribution is 7.89. The lowest BCUT2D eigenvalue weighted by Gasteiger charge is -2.38. The second-order valence-corrected chi connectivity index (χ2v) is 14.8. The third-order valence-corrected chi connectivity index (χ3v) is 8.31. The molecule has 2 rings (SSSR count). The van der Waals surface area contributed by atoms with Crippen molar-refractivity contribution in [3.05, 3.63) is 64.7 Å². The van der Waals surface area contributed by atoms with Crippen LogP contribution in [0.4, 0.5) is 4.79 Å². The van der Waals surface area contributed by atoms with E-state index in [1.54, 1.807) is 39.0 Å². The Bertz CT molecular complexity index is 1300. The number of ether oxygens (including phenoxy) is 2. The molecule has 0 aliphatic rings. The van der Waals surface area contributed by atoms with Gasteiger partial charge < -0.3 is 14.6 Å². The fraction of sp³-hybridized carbons (Fsp3) is 0.562. The minimum Gasteiger partial charge on any atom is -0.455 e. The van der Waals surface area contributed by atoms with Crippen LogP contribution in [-0.2, 0) is 36.1 Å². The molecule has 0 fully saturated rings. The van der Waals surface area contributed by atoms with Crippen molar-refractivity contribution in [2.75, 3.05) is 6.61 Å². The van der Waals surface area contributed by atoms with Crippen molar-refractivity contribution in [1.29, 1.82) is 0 Å². The summed E-state index contributed by atoms with van der Waals surface area (Å²) in [6, 6.07) is 10.7. The molecule has 0 aliphatic carbocycles. The van der Waals surface area contributed by atoms with E-state index < -0.39 is 39.8 Å². The number of benzene rings is 2. The molecule has 0 saturated carbocycles. The molecule has 228 valence electrons. The predicted molar refractivity (Wildman–Crippen MR) is 160 cm³/mol. The lowest BCUT2D eigenvalue weighted by atomic mass is 9.83. The molecule has 0 radical (unpaired) electrons. The number of sulfonamides is 1. The highest BCUT2D eigenvalue weighted by Gasteiger charge is 2.45. The van der Waals surface area contributed by atoms with E-state index in [1.807, 2.05) is 32.9 Å². The van der Waals surface area contributed by atoms with Crippen LogP contribution in [-0.4, -0.2) is 48.1 Å². The number of carbonyl (C=O) groups is 2. The van der Waals surface area contributed by atoms with Gasteiger partial charge in [0.2, 0.25) is 0 Å². The van der Waals surface area contributed by atoms with Gasteiger partial charge in [0.05, 0.1) is 10.9 Å². The topological polar surface area (TPSA) is 110 Å². The molecule has 41 heavy (non-hydrogen) atoms. The Morgan fingerprint density at radius 3 is 2.02 bits per heavy atom. The van der Waals surface area contributed by atoms with Gasteiger partial charge in [-0.05, 0) is 80.7 Å². The molecule has 1 unspecified atom stereocenters. The zero-order valence-electron chi connectivity index (χ0n) is 26.1. The number of carbonyl (C=O) groups excluding carboxylic acids is 2. The summed E-state index contributed by atoms with van der Waals surface area (Å²) in [6.45, 7) is 17.9. The van der Waals surface area contributed by atoms with E-state index in [9.17, 15) is 23.1 Å². The maximum atomic E-state index is 14.3. The van der Waals surface area contributed by atoms with Gasteiger partial charge in [-0.25, -0.2) is 13.2 Å². The number of esters is 1. The molecular weight excluding hydrogens is 542 g/mol. The summed E-state index contributed by atoms with van der Waals surface area (Å²) in [5.74, 6) is -0.721. The third kappa shape index (κ3) is 9.30. The smallest absolute Gasteiger partial charge is 0.424 e. The number of aryl methyl sites for hydroxylation is 1. The first-order valence-electron chi connectivity index (χ1n) is 14.0. The molecule has 0 bridgehead atoms. The number of nitrogens with zero attached hydrogens (tertiary/aromatic N) is 1. The Labute approximate surface area is 246 Å². The first-order valence-corrected chi connectivity index (χ1v) is 15.5. The minimum atomic E-state index is -4.46. The fourth-order valence-corrected chi connectivity index (χ4v) is 6.08. The van der Waals surface area contributed by atoms with E-state index in [4.69, 9.17) is 9.47 Å². The second kappa shape index (κ2) is 13.4. The lowest BCUT2D eigenvalue weighted by Crippen LogP contribution is -2.50. The summed E-state index contributed by atoms with van der Waals surface area (Å²) in [6.07, 6.45) is -1.78. The summed E-state index contributed by atoms with van der Waals surface area (Å²) in [7, 11) is -4.46. The van der Waals surface area contributed by atoms with Gasteiger partial charge in [-0.1, -0.05) is 70.5 Å². The Balaban J connectivity index is 2.92. The fourth-order valence-electron chi connectivity index (χ4n) is 4.58. The van der Waals surface area contributed by atoms with Crippen LogP contribution in [0.2, 0.25) is 0 Å². The SMILES string of the molecule is CC(=O)OC(c1ccc(C(C)(C)C)cc1CCO)[C@@H](CC(C)C)N(C(=O)OC(C)(C)C)S(=O)(=O)c1ccc(C)cc1. The van der Waals surface area contributed by atoms with Crippen molar-refractivity contribution >= 4 is 22.1 Å². The van der Waals surface area contributed by atoms with Crippen LogP contribution in [0.5, 0.6) is 0 Å². The van der Waals surface area contributed by atoms with Gasteiger partial charge >= 0.3 is 12.1 Å². The van der Waals surface area contributed by atoms with Gasteiger partial charge in [0.1, 0.15) is 11.7 Å². The second-order valence-electron chi connectivity index (χ2n) is 13.0. The summed E-state index contributed by atoms with van der Waals surface area (Å²) in [5.41, 5.74) is 1.90. The Morgan fingerprint density at radius 1 is 0.976 bits per heavy atom. The predicted octanol–water partition coefficient (Wildman–Crippen LogP) is 6.47. The van der Waals surface area contributed by atoms with Gasteiger partial charge in [0.15, 0.2) is 0 Å². The van der Waals surface area contributed by atoms with Crippen molar-refractivity contribution in [3.8, 4) is 0 Å². The summed E-state index contributed by atoms with van der Waals surface area (Å²) in [4.78, 5) is 26.3. The molecule has 2 aromatic carbocycles. The Hall–Kier alpha value is -2.91. The average Bonchev–Trinajstić information content (AvgIpc) is 2.80. The van der Waals surface area contributed by atoms with E-state index in [-0.39, 0.29) is 35.7 Å². The number of hydrogen-bond donors (Lipinski definition) is 1. The van der Waals surface area contributed by atoms with Crippen LogP contribution in [0.3, 0.4) is 0 Å². The van der Waals surface area contributed by atoms with E-state index in [1.165, 1.54) is 19.1 Å². The lowest BCUT2D eigenvalue weighted by molar-refractivity contribution is -0.150.